The van der Waals surface area contributed by atoms with E-state index in [1.165, 1.54) is 0 Å². The van der Waals surface area contributed by atoms with E-state index in [0.29, 0.717) is 23.5 Å². The number of benzene rings is 2. The van der Waals surface area contributed by atoms with Crippen LogP contribution in [-0.4, -0.2) is 18.9 Å². The minimum Gasteiger partial charge on any atom is -0.497 e. The predicted octanol–water partition coefficient (Wildman–Crippen LogP) is 3.36. The van der Waals surface area contributed by atoms with Crippen molar-refractivity contribution in [3.8, 4) is 11.5 Å². The van der Waals surface area contributed by atoms with Crippen LogP contribution in [0.5, 0.6) is 11.5 Å². The Morgan fingerprint density at radius 3 is 2.64 bits per heavy atom. The smallest absolute Gasteiger partial charge is 0.311 e. The predicted molar refractivity (Wildman–Crippen MR) is 81.4 cm³/mol. The Balaban J connectivity index is 1.80. The van der Waals surface area contributed by atoms with E-state index in [1.54, 1.807) is 37.4 Å². The van der Waals surface area contributed by atoms with Gasteiger partial charge in [-0.25, -0.2) is 0 Å². The van der Waals surface area contributed by atoms with E-state index in [-0.39, 0.29) is 24.1 Å². The maximum atomic E-state index is 12.4. The number of ether oxygens (including phenoxy) is 2. The summed E-state index contributed by atoms with van der Waals surface area (Å²) < 4.78 is 10.3. The maximum absolute atomic E-state index is 12.4. The monoisotopic (exact) mass is 296 g/mol. The summed E-state index contributed by atoms with van der Waals surface area (Å²) in [6, 6.07) is 14.4. The number of esters is 1. The molecule has 0 spiro atoms. The lowest BCUT2D eigenvalue weighted by molar-refractivity contribution is -0.135. The summed E-state index contributed by atoms with van der Waals surface area (Å²) in [7, 11) is 1.58. The highest BCUT2D eigenvalue weighted by Gasteiger charge is 2.28. The van der Waals surface area contributed by atoms with Crippen molar-refractivity contribution in [1.82, 2.24) is 0 Å². The van der Waals surface area contributed by atoms with Gasteiger partial charge in [-0.05, 0) is 35.9 Å². The van der Waals surface area contributed by atoms with Crippen molar-refractivity contribution in [2.24, 2.45) is 0 Å². The van der Waals surface area contributed by atoms with Crippen molar-refractivity contribution in [1.29, 1.82) is 0 Å². The zero-order valence-corrected chi connectivity index (χ0v) is 12.2. The summed E-state index contributed by atoms with van der Waals surface area (Å²) in [5.74, 6) is 0.866. The van der Waals surface area contributed by atoms with Crippen molar-refractivity contribution in [2.75, 3.05) is 7.11 Å². The molecule has 0 amide bonds. The summed E-state index contributed by atoms with van der Waals surface area (Å²) in [4.78, 5) is 24.1. The lowest BCUT2D eigenvalue weighted by atomic mass is 9.87. The SMILES string of the molecule is COc1ccc(C(=O)CC2CC(=O)Oc3ccccc32)cc1. The van der Waals surface area contributed by atoms with Gasteiger partial charge in [-0.3, -0.25) is 9.59 Å². The molecule has 1 aliphatic heterocycles. The van der Waals surface area contributed by atoms with Gasteiger partial charge in [0.05, 0.1) is 13.5 Å². The molecule has 1 atom stereocenters. The quantitative estimate of drug-likeness (QED) is 0.493. The van der Waals surface area contributed by atoms with Gasteiger partial charge < -0.3 is 9.47 Å². The third-order valence-corrected chi connectivity index (χ3v) is 3.84. The molecule has 2 aromatic carbocycles. The second-order valence-electron chi connectivity index (χ2n) is 5.27. The Morgan fingerprint density at radius 2 is 1.91 bits per heavy atom. The zero-order valence-electron chi connectivity index (χ0n) is 12.2. The van der Waals surface area contributed by atoms with Crippen LogP contribution in [0.4, 0.5) is 0 Å². The van der Waals surface area contributed by atoms with Crippen LogP contribution in [0.2, 0.25) is 0 Å². The van der Waals surface area contributed by atoms with Gasteiger partial charge in [0.1, 0.15) is 11.5 Å². The van der Waals surface area contributed by atoms with E-state index in [4.69, 9.17) is 9.47 Å². The van der Waals surface area contributed by atoms with Crippen molar-refractivity contribution < 1.29 is 19.1 Å². The number of para-hydroxylation sites is 1. The third kappa shape index (κ3) is 2.86. The van der Waals surface area contributed by atoms with Gasteiger partial charge in [0.2, 0.25) is 0 Å². The van der Waals surface area contributed by atoms with Crippen LogP contribution in [0.25, 0.3) is 0 Å². The number of ketones is 1. The molecule has 112 valence electrons. The van der Waals surface area contributed by atoms with E-state index < -0.39 is 0 Å². The molecule has 4 heteroatoms. The summed E-state index contributed by atoms with van der Waals surface area (Å²) in [6.45, 7) is 0. The Bertz CT molecular complexity index is 703. The molecule has 0 aromatic heterocycles. The normalized spacial score (nSPS) is 16.6. The average Bonchev–Trinajstić information content (AvgIpc) is 2.54. The van der Waals surface area contributed by atoms with Gasteiger partial charge >= 0.3 is 5.97 Å². The van der Waals surface area contributed by atoms with Gasteiger partial charge in [0, 0.05) is 17.9 Å². The highest BCUT2D eigenvalue weighted by Crippen LogP contribution is 2.36. The minimum atomic E-state index is -0.286. The molecule has 0 radical (unpaired) electrons. The fraction of sp³-hybridized carbons (Fsp3) is 0.222. The first-order chi connectivity index (χ1) is 10.7. The van der Waals surface area contributed by atoms with E-state index in [9.17, 15) is 9.59 Å². The molecule has 0 N–H and O–H groups in total. The molecule has 3 rings (SSSR count). The number of rotatable bonds is 4. The van der Waals surface area contributed by atoms with Crippen LogP contribution in [0.3, 0.4) is 0 Å². The summed E-state index contributed by atoms with van der Waals surface area (Å²) in [5, 5.41) is 0. The maximum Gasteiger partial charge on any atom is 0.311 e. The zero-order chi connectivity index (χ0) is 15.5. The fourth-order valence-corrected chi connectivity index (χ4v) is 2.69. The molecule has 0 bridgehead atoms. The first-order valence-corrected chi connectivity index (χ1v) is 7.14. The minimum absolute atomic E-state index is 0.0113. The lowest BCUT2D eigenvalue weighted by Gasteiger charge is -2.23. The largest absolute Gasteiger partial charge is 0.497 e. The molecule has 1 unspecified atom stereocenters. The molecule has 4 nitrogen and oxygen atoms in total. The van der Waals surface area contributed by atoms with Crippen molar-refractivity contribution >= 4 is 11.8 Å². The molecule has 0 aliphatic carbocycles. The summed E-state index contributed by atoms with van der Waals surface area (Å²) in [6.07, 6.45) is 0.525. The number of carbonyl (C=O) groups excluding carboxylic acids is 2. The van der Waals surface area contributed by atoms with Crippen LogP contribution in [0, 0.1) is 0 Å². The fourth-order valence-electron chi connectivity index (χ4n) is 2.69. The van der Waals surface area contributed by atoms with Crippen molar-refractivity contribution in [2.45, 2.75) is 18.8 Å². The molecular weight excluding hydrogens is 280 g/mol. The van der Waals surface area contributed by atoms with Crippen LogP contribution in [0.15, 0.2) is 48.5 Å². The molecule has 2 aromatic rings. The molecule has 1 heterocycles. The van der Waals surface area contributed by atoms with Gasteiger partial charge in [-0.2, -0.15) is 0 Å². The number of carbonyl (C=O) groups is 2. The van der Waals surface area contributed by atoms with Crippen LogP contribution < -0.4 is 9.47 Å². The number of methoxy groups -OCH3 is 1. The standard InChI is InChI=1S/C18H16O4/c1-21-14-8-6-12(7-9-14)16(19)10-13-11-18(20)22-17-5-3-2-4-15(13)17/h2-9,13H,10-11H2,1H3. The Morgan fingerprint density at radius 1 is 1.18 bits per heavy atom. The van der Waals surface area contributed by atoms with Gasteiger partial charge in [-0.1, -0.05) is 18.2 Å². The van der Waals surface area contributed by atoms with E-state index in [1.807, 2.05) is 18.2 Å². The molecule has 1 aliphatic rings. The molecular formula is C18H16O4. The van der Waals surface area contributed by atoms with E-state index >= 15 is 0 Å². The Hall–Kier alpha value is -2.62. The van der Waals surface area contributed by atoms with Crippen molar-refractivity contribution in [3.63, 3.8) is 0 Å². The third-order valence-electron chi connectivity index (χ3n) is 3.84. The second kappa shape index (κ2) is 6.02. The average molecular weight is 296 g/mol. The number of hydrogen-bond acceptors (Lipinski definition) is 4. The van der Waals surface area contributed by atoms with Crippen LogP contribution >= 0.6 is 0 Å². The summed E-state index contributed by atoms with van der Waals surface area (Å²) >= 11 is 0. The lowest BCUT2D eigenvalue weighted by Crippen LogP contribution is -2.22. The summed E-state index contributed by atoms with van der Waals surface area (Å²) in [5.41, 5.74) is 1.54. The topological polar surface area (TPSA) is 52.6 Å². The molecule has 0 saturated heterocycles. The number of fused-ring (bicyclic) bond motifs is 1. The van der Waals surface area contributed by atoms with Gasteiger partial charge in [0.25, 0.3) is 0 Å². The van der Waals surface area contributed by atoms with Crippen LogP contribution in [0.1, 0.15) is 34.7 Å². The highest BCUT2D eigenvalue weighted by molar-refractivity contribution is 5.97. The second-order valence-corrected chi connectivity index (χ2v) is 5.27. The van der Waals surface area contributed by atoms with Gasteiger partial charge in [0.15, 0.2) is 5.78 Å². The van der Waals surface area contributed by atoms with E-state index in [0.717, 1.165) is 5.56 Å². The van der Waals surface area contributed by atoms with E-state index in [2.05, 4.69) is 0 Å². The Kier molecular flexibility index (Phi) is 3.92. The molecule has 0 saturated carbocycles. The molecule has 0 fully saturated rings. The first-order valence-electron chi connectivity index (χ1n) is 7.14. The Labute approximate surface area is 128 Å². The van der Waals surface area contributed by atoms with Gasteiger partial charge in [-0.15, -0.1) is 0 Å². The van der Waals surface area contributed by atoms with Crippen LogP contribution in [-0.2, 0) is 4.79 Å². The first kappa shape index (κ1) is 14.3. The number of hydrogen-bond donors (Lipinski definition) is 0. The van der Waals surface area contributed by atoms with Crippen molar-refractivity contribution in [3.05, 3.63) is 59.7 Å². The highest BCUT2D eigenvalue weighted by atomic mass is 16.5. The number of Topliss-reactive ketones (excluding diaryl/α,β-unsaturated/α-hetero) is 1. The molecule has 22 heavy (non-hydrogen) atoms.